The Morgan fingerprint density at radius 1 is 1.26 bits per heavy atom. The van der Waals surface area contributed by atoms with Gasteiger partial charge in [-0.05, 0) is 70.2 Å². The first-order chi connectivity index (χ1) is 16.2. The van der Waals surface area contributed by atoms with Crippen molar-refractivity contribution in [2.75, 3.05) is 18.4 Å². The van der Waals surface area contributed by atoms with Gasteiger partial charge in [0.15, 0.2) is 0 Å². The number of allylic oxidation sites excluding steroid dienone is 1. The number of pyridine rings is 1. The number of nitrogens with zero attached hydrogens (tertiary/aromatic N) is 3. The first kappa shape index (κ1) is 23.4. The Balaban J connectivity index is 1.49. The van der Waals surface area contributed by atoms with Gasteiger partial charge in [0, 0.05) is 53.8 Å². The molecule has 0 bridgehead atoms. The number of hydrogen-bond acceptors (Lipinski definition) is 5. The maximum atomic E-state index is 12.3. The topological polar surface area (TPSA) is 94.0 Å². The highest BCUT2D eigenvalue weighted by atomic mass is 16.6. The fourth-order valence-corrected chi connectivity index (χ4v) is 4.22. The molecule has 2 aromatic heterocycles. The summed E-state index contributed by atoms with van der Waals surface area (Å²) in [5.41, 5.74) is 4.77. The predicted octanol–water partition coefficient (Wildman–Crippen LogP) is 6.15. The number of fused-ring (bicyclic) bond motifs is 1. The average Bonchev–Trinajstić information content (AvgIpc) is 3.29. The molecule has 0 saturated carbocycles. The van der Waals surface area contributed by atoms with E-state index in [-0.39, 0.29) is 6.09 Å². The third-order valence-electron chi connectivity index (χ3n) is 6.10. The maximum absolute atomic E-state index is 12.3. The quantitative estimate of drug-likeness (QED) is 0.490. The Morgan fingerprint density at radius 2 is 2.03 bits per heavy atom. The smallest absolute Gasteiger partial charge is 0.410 e. The zero-order valence-corrected chi connectivity index (χ0v) is 20.2. The van der Waals surface area contributed by atoms with E-state index >= 15 is 0 Å². The number of aromatic nitrogens is 2. The molecule has 0 atom stereocenters. The van der Waals surface area contributed by atoms with Gasteiger partial charge in [-0.2, -0.15) is 5.26 Å². The van der Waals surface area contributed by atoms with E-state index < -0.39 is 5.60 Å². The van der Waals surface area contributed by atoms with Crippen LogP contribution in [0.15, 0.2) is 42.9 Å². The fourth-order valence-electron chi connectivity index (χ4n) is 4.22. The lowest BCUT2D eigenvalue weighted by Gasteiger charge is -2.32. The molecule has 0 spiro atoms. The van der Waals surface area contributed by atoms with E-state index in [4.69, 9.17) is 4.74 Å². The molecule has 0 radical (unpaired) electrons. The lowest BCUT2D eigenvalue weighted by molar-refractivity contribution is 0.0197. The van der Waals surface area contributed by atoms with E-state index in [0.717, 1.165) is 46.2 Å². The number of anilines is 2. The number of carbonyl (C=O) groups is 1. The van der Waals surface area contributed by atoms with Crippen LogP contribution in [0.1, 0.15) is 50.3 Å². The number of ether oxygens (including phenoxy) is 1. The van der Waals surface area contributed by atoms with Gasteiger partial charge < -0.3 is 19.9 Å². The zero-order chi connectivity index (χ0) is 24.3. The van der Waals surface area contributed by atoms with E-state index in [9.17, 15) is 10.1 Å². The van der Waals surface area contributed by atoms with Crippen LogP contribution in [0, 0.1) is 24.2 Å². The zero-order valence-electron chi connectivity index (χ0n) is 20.2. The van der Waals surface area contributed by atoms with Crippen LogP contribution in [0.4, 0.5) is 16.2 Å². The van der Waals surface area contributed by atoms with E-state index in [1.807, 2.05) is 45.2 Å². The number of carbonyl (C=O) groups excluding carboxylic acids is 1. The molecule has 176 valence electrons. The highest BCUT2D eigenvalue weighted by Crippen LogP contribution is 2.31. The minimum atomic E-state index is -0.486. The van der Waals surface area contributed by atoms with E-state index in [0.29, 0.717) is 24.6 Å². The van der Waals surface area contributed by atoms with Gasteiger partial charge in [0.1, 0.15) is 11.7 Å². The number of benzene rings is 1. The molecule has 1 aliphatic heterocycles. The summed E-state index contributed by atoms with van der Waals surface area (Å²) in [6, 6.07) is 8.37. The standard InChI is InChI=1S/C27H31N5O2/c1-18-22-9-12-30-24(22)8-7-23(18)31-25-20(16-29-17-21(25)15-28)6-5-19-10-13-32(14-11-19)26(33)34-27(2,3)4/h5-9,12,16-17,19,30H,10-11,13-14H2,1-4H3,(H,29,31). The fraction of sp³-hybridized carbons (Fsp3) is 0.370. The number of hydrogen-bond donors (Lipinski definition) is 2. The number of nitriles is 1. The van der Waals surface area contributed by atoms with Crippen LogP contribution in [0.2, 0.25) is 0 Å². The van der Waals surface area contributed by atoms with Crippen LogP contribution in [-0.4, -0.2) is 39.7 Å². The largest absolute Gasteiger partial charge is 0.444 e. The normalized spacial score (nSPS) is 15.0. The van der Waals surface area contributed by atoms with Gasteiger partial charge in [0.05, 0.1) is 11.3 Å². The van der Waals surface area contributed by atoms with Gasteiger partial charge in [-0.15, -0.1) is 0 Å². The van der Waals surface area contributed by atoms with Gasteiger partial charge in [0.25, 0.3) is 0 Å². The lowest BCUT2D eigenvalue weighted by atomic mass is 9.95. The second kappa shape index (κ2) is 9.60. The minimum Gasteiger partial charge on any atom is -0.444 e. The third kappa shape index (κ3) is 5.23. The van der Waals surface area contributed by atoms with Crippen molar-refractivity contribution in [1.82, 2.24) is 14.9 Å². The molecule has 2 N–H and O–H groups in total. The molecular weight excluding hydrogens is 426 g/mol. The van der Waals surface area contributed by atoms with Gasteiger partial charge >= 0.3 is 6.09 Å². The van der Waals surface area contributed by atoms with E-state index in [1.54, 1.807) is 17.3 Å². The van der Waals surface area contributed by atoms with Gasteiger partial charge in [-0.1, -0.05) is 12.2 Å². The summed E-state index contributed by atoms with van der Waals surface area (Å²) in [4.78, 5) is 21.6. The number of amides is 1. The molecule has 1 amide bonds. The molecule has 3 aromatic rings. The first-order valence-corrected chi connectivity index (χ1v) is 11.6. The summed E-state index contributed by atoms with van der Waals surface area (Å²) in [6.07, 6.45) is 11.0. The molecular formula is C27H31N5O2. The van der Waals surface area contributed by atoms with Gasteiger partial charge in [-0.25, -0.2) is 4.79 Å². The lowest BCUT2D eigenvalue weighted by Crippen LogP contribution is -2.41. The third-order valence-corrected chi connectivity index (χ3v) is 6.10. The SMILES string of the molecule is Cc1c(Nc2c(C#N)cncc2C=CC2CCN(C(=O)OC(C)(C)C)CC2)ccc2[nH]ccc12. The first-order valence-electron chi connectivity index (χ1n) is 11.6. The molecule has 1 saturated heterocycles. The number of nitrogens with one attached hydrogen (secondary N) is 2. The Labute approximate surface area is 200 Å². The predicted molar refractivity (Wildman–Crippen MR) is 135 cm³/mol. The summed E-state index contributed by atoms with van der Waals surface area (Å²) in [6.45, 7) is 9.05. The van der Waals surface area contributed by atoms with Crippen molar-refractivity contribution in [3.63, 3.8) is 0 Å². The molecule has 1 aliphatic rings. The van der Waals surface area contributed by atoms with Crippen molar-refractivity contribution in [2.45, 2.75) is 46.1 Å². The van der Waals surface area contributed by atoms with Crippen molar-refractivity contribution in [3.8, 4) is 6.07 Å². The Hall–Kier alpha value is -3.79. The maximum Gasteiger partial charge on any atom is 0.410 e. The van der Waals surface area contributed by atoms with Gasteiger partial charge in [-0.3, -0.25) is 4.98 Å². The van der Waals surface area contributed by atoms with Crippen LogP contribution in [-0.2, 0) is 4.74 Å². The summed E-state index contributed by atoms with van der Waals surface area (Å²) in [5.74, 6) is 0.343. The summed E-state index contributed by atoms with van der Waals surface area (Å²) < 4.78 is 5.49. The van der Waals surface area contributed by atoms with Gasteiger partial charge in [0.2, 0.25) is 0 Å². The molecule has 1 aromatic carbocycles. The second-order valence-corrected chi connectivity index (χ2v) is 9.73. The molecule has 7 nitrogen and oxygen atoms in total. The average molecular weight is 458 g/mol. The Kier molecular flexibility index (Phi) is 6.60. The summed E-state index contributed by atoms with van der Waals surface area (Å²) >= 11 is 0. The number of piperidine rings is 1. The minimum absolute atomic E-state index is 0.248. The Bertz CT molecular complexity index is 1250. The van der Waals surface area contributed by atoms with E-state index in [1.165, 1.54) is 0 Å². The van der Waals surface area contributed by atoms with Crippen molar-refractivity contribution in [2.24, 2.45) is 5.92 Å². The van der Waals surface area contributed by atoms with Crippen LogP contribution in [0.25, 0.3) is 17.0 Å². The molecule has 4 rings (SSSR count). The number of H-pyrrole nitrogens is 1. The number of rotatable bonds is 4. The molecule has 3 heterocycles. The van der Waals surface area contributed by atoms with Crippen LogP contribution in [0.5, 0.6) is 0 Å². The van der Waals surface area contributed by atoms with Crippen molar-refractivity contribution in [3.05, 3.63) is 59.6 Å². The number of likely N-dealkylation sites (tertiary alicyclic amines) is 1. The summed E-state index contributed by atoms with van der Waals surface area (Å²) in [5, 5.41) is 14.3. The monoisotopic (exact) mass is 457 g/mol. The molecule has 1 fully saturated rings. The molecule has 7 heteroatoms. The number of aromatic amines is 1. The van der Waals surface area contributed by atoms with Crippen LogP contribution >= 0.6 is 0 Å². The molecule has 34 heavy (non-hydrogen) atoms. The van der Waals surface area contributed by atoms with Crippen LogP contribution in [0.3, 0.4) is 0 Å². The molecule has 0 unspecified atom stereocenters. The van der Waals surface area contributed by atoms with Crippen molar-refractivity contribution in [1.29, 1.82) is 5.26 Å². The van der Waals surface area contributed by atoms with Crippen molar-refractivity contribution < 1.29 is 9.53 Å². The van der Waals surface area contributed by atoms with E-state index in [2.05, 4.69) is 40.4 Å². The number of aryl methyl sites for hydroxylation is 1. The highest BCUT2D eigenvalue weighted by Gasteiger charge is 2.26. The van der Waals surface area contributed by atoms with Crippen molar-refractivity contribution >= 4 is 34.4 Å². The summed E-state index contributed by atoms with van der Waals surface area (Å²) in [7, 11) is 0. The molecule has 0 aliphatic carbocycles. The second-order valence-electron chi connectivity index (χ2n) is 9.73. The Morgan fingerprint density at radius 3 is 2.74 bits per heavy atom. The van der Waals surface area contributed by atoms with Crippen LogP contribution < -0.4 is 5.32 Å². The highest BCUT2D eigenvalue weighted by molar-refractivity contribution is 5.89.